The van der Waals surface area contributed by atoms with Gasteiger partial charge < -0.3 is 10.7 Å². The molecule has 3 N–H and O–H groups in total. The molecule has 4 nitrogen and oxygen atoms in total. The number of aromatic amines is 1. The van der Waals surface area contributed by atoms with Crippen LogP contribution >= 0.6 is 0 Å². The summed E-state index contributed by atoms with van der Waals surface area (Å²) in [5.41, 5.74) is 2.47. The van der Waals surface area contributed by atoms with Crippen molar-refractivity contribution in [2.75, 3.05) is 0 Å². The molecule has 0 bridgehead atoms. The molecule has 0 spiro atoms. The second-order valence-corrected chi connectivity index (χ2v) is 3.95. The van der Waals surface area contributed by atoms with Gasteiger partial charge in [-0.3, -0.25) is 4.79 Å². The molecule has 2 aromatic rings. The molecule has 0 fully saturated rings. The van der Waals surface area contributed by atoms with Crippen LogP contribution in [0.3, 0.4) is 0 Å². The number of benzene rings is 1. The van der Waals surface area contributed by atoms with E-state index in [4.69, 9.17) is 5.73 Å². The lowest BCUT2D eigenvalue weighted by atomic mass is 10.0. The molecule has 106 valence electrons. The summed E-state index contributed by atoms with van der Waals surface area (Å²) in [6.45, 7) is -0.270. The van der Waals surface area contributed by atoms with Gasteiger partial charge in [-0.2, -0.15) is 13.2 Å². The van der Waals surface area contributed by atoms with E-state index in [1.165, 1.54) is 0 Å². The van der Waals surface area contributed by atoms with Crippen LogP contribution in [0.5, 0.6) is 0 Å². The summed E-state index contributed by atoms with van der Waals surface area (Å²) in [6, 6.07) is 2.69. The molecule has 0 unspecified atom stereocenters. The number of nitrogens with one attached hydrogen (secondary N) is 1. The molecule has 0 aliphatic heterocycles. The van der Waals surface area contributed by atoms with Crippen LogP contribution in [0.25, 0.3) is 11.4 Å². The first-order chi connectivity index (χ1) is 9.34. The topological polar surface area (TPSA) is 71.8 Å². The monoisotopic (exact) mass is 287 g/mol. The van der Waals surface area contributed by atoms with Crippen LogP contribution in [0.2, 0.25) is 0 Å². The molecular formula is C12H9F4N3O. The first-order valence-corrected chi connectivity index (χ1v) is 5.49. The summed E-state index contributed by atoms with van der Waals surface area (Å²) in [5, 5.41) is 0. The van der Waals surface area contributed by atoms with E-state index in [9.17, 15) is 22.4 Å². The fourth-order valence-electron chi connectivity index (χ4n) is 1.74. The molecular weight excluding hydrogens is 278 g/mol. The van der Waals surface area contributed by atoms with Crippen LogP contribution in [0, 0.1) is 5.82 Å². The van der Waals surface area contributed by atoms with Crippen LogP contribution in [-0.2, 0) is 12.7 Å². The second kappa shape index (κ2) is 5.04. The largest absolute Gasteiger partial charge is 0.417 e. The number of alkyl halides is 3. The standard InChI is InChI=1S/C12H9F4N3O/c13-10-6(5-17)1-2-7(12(14,15)16)9(10)11-18-4-3-8(20)19-11/h1-4H,5,17H2,(H,18,19,20). The van der Waals surface area contributed by atoms with E-state index in [1.54, 1.807) is 0 Å². The van der Waals surface area contributed by atoms with Crippen molar-refractivity contribution >= 4 is 0 Å². The molecule has 20 heavy (non-hydrogen) atoms. The van der Waals surface area contributed by atoms with Crippen molar-refractivity contribution in [2.24, 2.45) is 5.73 Å². The Hall–Kier alpha value is -2.22. The molecule has 0 radical (unpaired) electrons. The minimum absolute atomic E-state index is 0.0977. The SMILES string of the molecule is NCc1ccc(C(F)(F)F)c(-c2nccc(=O)[nH]2)c1F. The molecule has 0 amide bonds. The summed E-state index contributed by atoms with van der Waals surface area (Å²) in [7, 11) is 0. The van der Waals surface area contributed by atoms with Gasteiger partial charge in [-0.15, -0.1) is 0 Å². The van der Waals surface area contributed by atoms with Crippen molar-refractivity contribution in [3.05, 3.63) is 51.7 Å². The molecule has 1 aromatic heterocycles. The minimum Gasteiger partial charge on any atom is -0.326 e. The summed E-state index contributed by atoms with van der Waals surface area (Å²) in [6.07, 6.45) is -3.78. The molecule has 0 saturated carbocycles. The number of aromatic nitrogens is 2. The predicted molar refractivity (Wildman–Crippen MR) is 63.1 cm³/mol. The van der Waals surface area contributed by atoms with Crippen molar-refractivity contribution in [1.82, 2.24) is 9.97 Å². The van der Waals surface area contributed by atoms with E-state index in [0.29, 0.717) is 6.07 Å². The lowest BCUT2D eigenvalue weighted by molar-refractivity contribution is -0.137. The van der Waals surface area contributed by atoms with Crippen molar-refractivity contribution in [1.29, 1.82) is 0 Å². The smallest absolute Gasteiger partial charge is 0.326 e. The molecule has 8 heteroatoms. The Balaban J connectivity index is 2.80. The van der Waals surface area contributed by atoms with Crippen LogP contribution in [0.1, 0.15) is 11.1 Å². The summed E-state index contributed by atoms with van der Waals surface area (Å²) in [4.78, 5) is 16.8. The van der Waals surface area contributed by atoms with E-state index in [-0.39, 0.29) is 12.1 Å². The van der Waals surface area contributed by atoms with Crippen LogP contribution < -0.4 is 11.3 Å². The van der Waals surface area contributed by atoms with E-state index in [2.05, 4.69) is 9.97 Å². The first kappa shape index (κ1) is 14.2. The van der Waals surface area contributed by atoms with Gasteiger partial charge >= 0.3 is 6.18 Å². The zero-order valence-electron chi connectivity index (χ0n) is 9.96. The van der Waals surface area contributed by atoms with Gasteiger partial charge in [0.05, 0.1) is 11.1 Å². The predicted octanol–water partition coefficient (Wildman–Crippen LogP) is 2.05. The van der Waals surface area contributed by atoms with Crippen molar-refractivity contribution in [3.8, 4) is 11.4 Å². The zero-order valence-corrected chi connectivity index (χ0v) is 9.96. The molecule has 0 atom stereocenters. The average molecular weight is 287 g/mol. The number of halogens is 4. The quantitative estimate of drug-likeness (QED) is 0.830. The fraction of sp³-hybridized carbons (Fsp3) is 0.167. The average Bonchev–Trinajstić information content (AvgIpc) is 2.37. The Bertz CT molecular complexity index is 694. The maximum absolute atomic E-state index is 14.1. The van der Waals surface area contributed by atoms with Gasteiger partial charge in [-0.1, -0.05) is 6.07 Å². The highest BCUT2D eigenvalue weighted by atomic mass is 19.4. The van der Waals surface area contributed by atoms with Gasteiger partial charge in [0.25, 0.3) is 5.56 Å². The van der Waals surface area contributed by atoms with Gasteiger partial charge in [0.1, 0.15) is 11.6 Å². The Labute approximate surface area is 110 Å². The third kappa shape index (κ3) is 2.55. The number of nitrogens with two attached hydrogens (primary N) is 1. The first-order valence-electron chi connectivity index (χ1n) is 5.49. The molecule has 0 aliphatic carbocycles. The Morgan fingerprint density at radius 2 is 1.95 bits per heavy atom. The number of hydrogen-bond acceptors (Lipinski definition) is 3. The Morgan fingerprint density at radius 1 is 1.25 bits per heavy atom. The number of hydrogen-bond donors (Lipinski definition) is 2. The molecule has 2 rings (SSSR count). The van der Waals surface area contributed by atoms with Crippen LogP contribution in [0.15, 0.2) is 29.2 Å². The molecule has 0 saturated heterocycles. The van der Waals surface area contributed by atoms with Gasteiger partial charge in [0, 0.05) is 24.4 Å². The van der Waals surface area contributed by atoms with Crippen molar-refractivity contribution in [3.63, 3.8) is 0 Å². The van der Waals surface area contributed by atoms with Gasteiger partial charge in [-0.05, 0) is 6.07 Å². The summed E-state index contributed by atoms with van der Waals surface area (Å²) < 4.78 is 52.9. The lowest BCUT2D eigenvalue weighted by Gasteiger charge is -2.14. The summed E-state index contributed by atoms with van der Waals surface area (Å²) >= 11 is 0. The van der Waals surface area contributed by atoms with Crippen molar-refractivity contribution < 1.29 is 17.6 Å². The normalized spacial score (nSPS) is 11.7. The van der Waals surface area contributed by atoms with Gasteiger partial charge in [0.2, 0.25) is 0 Å². The van der Waals surface area contributed by atoms with E-state index in [0.717, 1.165) is 18.3 Å². The lowest BCUT2D eigenvalue weighted by Crippen LogP contribution is -2.14. The Kier molecular flexibility index (Phi) is 3.58. The number of nitrogens with zero attached hydrogens (tertiary/aromatic N) is 1. The van der Waals surface area contributed by atoms with Gasteiger partial charge in [-0.25, -0.2) is 9.37 Å². The highest BCUT2D eigenvalue weighted by Crippen LogP contribution is 2.38. The van der Waals surface area contributed by atoms with Gasteiger partial charge in [0.15, 0.2) is 0 Å². The number of H-pyrrole nitrogens is 1. The van der Waals surface area contributed by atoms with E-state index < -0.39 is 34.5 Å². The third-order valence-corrected chi connectivity index (χ3v) is 2.66. The van der Waals surface area contributed by atoms with Crippen molar-refractivity contribution in [2.45, 2.75) is 12.7 Å². The number of rotatable bonds is 2. The van der Waals surface area contributed by atoms with E-state index >= 15 is 0 Å². The van der Waals surface area contributed by atoms with Crippen LogP contribution in [0.4, 0.5) is 17.6 Å². The highest BCUT2D eigenvalue weighted by molar-refractivity contribution is 5.63. The highest BCUT2D eigenvalue weighted by Gasteiger charge is 2.36. The summed E-state index contributed by atoms with van der Waals surface area (Å²) in [5.74, 6) is -1.63. The molecule has 1 heterocycles. The van der Waals surface area contributed by atoms with E-state index in [1.807, 2.05) is 0 Å². The minimum atomic E-state index is -4.78. The molecule has 0 aliphatic rings. The molecule has 1 aromatic carbocycles. The zero-order chi connectivity index (χ0) is 14.9. The maximum Gasteiger partial charge on any atom is 0.417 e. The fourth-order valence-corrected chi connectivity index (χ4v) is 1.74. The maximum atomic E-state index is 14.1. The second-order valence-electron chi connectivity index (χ2n) is 3.95. The third-order valence-electron chi connectivity index (χ3n) is 2.66. The van der Waals surface area contributed by atoms with Crippen LogP contribution in [-0.4, -0.2) is 9.97 Å². The Morgan fingerprint density at radius 3 is 2.50 bits per heavy atom.